The molecule has 1 heterocycles. The van der Waals surface area contributed by atoms with Crippen LogP contribution in [-0.2, 0) is 4.74 Å². The quantitative estimate of drug-likeness (QED) is 0.833. The molecule has 0 aromatic carbocycles. The van der Waals surface area contributed by atoms with E-state index in [2.05, 4.69) is 36.1 Å². The van der Waals surface area contributed by atoms with Gasteiger partial charge in [-0.25, -0.2) is 0 Å². The Labute approximate surface area is 130 Å². The number of likely N-dealkylation sites (N-methyl/N-ethyl adjacent to an activating group) is 2. The van der Waals surface area contributed by atoms with Crippen LogP contribution in [-0.4, -0.2) is 74.9 Å². The summed E-state index contributed by atoms with van der Waals surface area (Å²) < 4.78 is 6.02. The van der Waals surface area contributed by atoms with Gasteiger partial charge in [0.1, 0.15) is 0 Å². The van der Waals surface area contributed by atoms with Gasteiger partial charge in [-0.3, -0.25) is 4.90 Å². The lowest BCUT2D eigenvalue weighted by atomic mass is 9.60. The van der Waals surface area contributed by atoms with Crippen molar-refractivity contribution in [3.8, 4) is 0 Å². The summed E-state index contributed by atoms with van der Waals surface area (Å²) in [6.07, 6.45) is 7.28. The predicted molar refractivity (Wildman–Crippen MR) is 86.6 cm³/mol. The molecule has 0 bridgehead atoms. The maximum atomic E-state index is 6.02. The van der Waals surface area contributed by atoms with Crippen molar-refractivity contribution in [2.45, 2.75) is 57.2 Å². The van der Waals surface area contributed by atoms with Gasteiger partial charge < -0.3 is 15.0 Å². The molecule has 1 spiro atoms. The molecule has 3 fully saturated rings. The summed E-state index contributed by atoms with van der Waals surface area (Å²) >= 11 is 0. The summed E-state index contributed by atoms with van der Waals surface area (Å²) in [7, 11) is 4.52. The van der Waals surface area contributed by atoms with Gasteiger partial charge in [0.15, 0.2) is 0 Å². The Hall–Kier alpha value is -0.160. The Bertz CT molecular complexity index is 343. The SMILES string of the molecule is CCOC1CC(NCC2CN(C)CCN2C)C12CCCC2. The van der Waals surface area contributed by atoms with Crippen molar-refractivity contribution in [3.63, 3.8) is 0 Å². The molecule has 0 aromatic rings. The first-order valence-corrected chi connectivity index (χ1v) is 8.89. The Morgan fingerprint density at radius 1 is 1.19 bits per heavy atom. The molecular weight excluding hydrogens is 262 g/mol. The maximum Gasteiger partial charge on any atom is 0.0661 e. The van der Waals surface area contributed by atoms with Gasteiger partial charge >= 0.3 is 0 Å². The number of ether oxygens (including phenoxy) is 1. The van der Waals surface area contributed by atoms with Crippen LogP contribution in [0.1, 0.15) is 39.0 Å². The normalized spacial score (nSPS) is 37.0. The monoisotopic (exact) mass is 295 g/mol. The van der Waals surface area contributed by atoms with E-state index in [-0.39, 0.29) is 0 Å². The zero-order valence-corrected chi connectivity index (χ0v) is 14.1. The third kappa shape index (κ3) is 3.00. The van der Waals surface area contributed by atoms with Crippen molar-refractivity contribution in [3.05, 3.63) is 0 Å². The Morgan fingerprint density at radius 2 is 1.95 bits per heavy atom. The predicted octanol–water partition coefficient (Wildman–Crippen LogP) is 1.56. The summed E-state index contributed by atoms with van der Waals surface area (Å²) in [4.78, 5) is 4.98. The molecule has 3 unspecified atom stereocenters. The fraction of sp³-hybridized carbons (Fsp3) is 1.00. The van der Waals surface area contributed by atoms with Crippen LogP contribution in [0.15, 0.2) is 0 Å². The van der Waals surface area contributed by atoms with Gasteiger partial charge in [-0.2, -0.15) is 0 Å². The molecule has 2 aliphatic carbocycles. The van der Waals surface area contributed by atoms with E-state index in [9.17, 15) is 0 Å². The maximum absolute atomic E-state index is 6.02. The summed E-state index contributed by atoms with van der Waals surface area (Å²) in [5.41, 5.74) is 0.467. The summed E-state index contributed by atoms with van der Waals surface area (Å²) in [5.74, 6) is 0. The second kappa shape index (κ2) is 6.53. The van der Waals surface area contributed by atoms with E-state index in [0.29, 0.717) is 23.6 Å². The molecule has 0 radical (unpaired) electrons. The lowest BCUT2D eigenvalue weighted by Crippen LogP contribution is -2.65. The van der Waals surface area contributed by atoms with Crippen molar-refractivity contribution in [1.29, 1.82) is 0 Å². The molecule has 1 aliphatic heterocycles. The average molecular weight is 295 g/mol. The van der Waals surface area contributed by atoms with Crippen LogP contribution in [0.2, 0.25) is 0 Å². The number of rotatable bonds is 5. The number of nitrogens with zero attached hydrogens (tertiary/aromatic N) is 2. The van der Waals surface area contributed by atoms with Crippen LogP contribution in [0, 0.1) is 5.41 Å². The highest BCUT2D eigenvalue weighted by molar-refractivity contribution is 5.10. The van der Waals surface area contributed by atoms with Crippen LogP contribution in [0.3, 0.4) is 0 Å². The van der Waals surface area contributed by atoms with E-state index in [1.54, 1.807) is 0 Å². The minimum absolute atomic E-state index is 0.467. The second-order valence-electron chi connectivity index (χ2n) is 7.48. The van der Waals surface area contributed by atoms with Crippen molar-refractivity contribution >= 4 is 0 Å². The van der Waals surface area contributed by atoms with Crippen molar-refractivity contribution in [1.82, 2.24) is 15.1 Å². The molecule has 122 valence electrons. The number of nitrogens with one attached hydrogen (secondary N) is 1. The number of hydrogen-bond donors (Lipinski definition) is 1. The van der Waals surface area contributed by atoms with Gasteiger partial charge in [0.25, 0.3) is 0 Å². The Morgan fingerprint density at radius 3 is 2.67 bits per heavy atom. The third-order valence-electron chi connectivity index (χ3n) is 6.27. The van der Waals surface area contributed by atoms with Gasteiger partial charge in [0, 0.05) is 50.3 Å². The van der Waals surface area contributed by atoms with E-state index in [1.807, 2.05) is 0 Å². The van der Waals surface area contributed by atoms with E-state index in [1.165, 1.54) is 51.7 Å². The first-order valence-electron chi connectivity index (χ1n) is 8.89. The summed E-state index contributed by atoms with van der Waals surface area (Å²) in [5, 5.41) is 3.91. The largest absolute Gasteiger partial charge is 0.378 e. The standard InChI is InChI=1S/C17H33N3O/c1-4-21-16-11-15(17(16)7-5-6-8-17)18-12-14-13-19(2)9-10-20(14)3/h14-16,18H,4-13H2,1-3H3. The van der Waals surface area contributed by atoms with E-state index >= 15 is 0 Å². The Balaban J connectivity index is 1.53. The van der Waals surface area contributed by atoms with Gasteiger partial charge in [0.2, 0.25) is 0 Å². The van der Waals surface area contributed by atoms with Crippen LogP contribution >= 0.6 is 0 Å². The minimum Gasteiger partial charge on any atom is -0.378 e. The molecule has 0 aromatic heterocycles. The van der Waals surface area contributed by atoms with Gasteiger partial charge in [-0.1, -0.05) is 12.8 Å². The van der Waals surface area contributed by atoms with Crippen LogP contribution in [0.25, 0.3) is 0 Å². The molecule has 0 amide bonds. The zero-order valence-electron chi connectivity index (χ0n) is 14.1. The van der Waals surface area contributed by atoms with E-state index in [4.69, 9.17) is 4.74 Å². The third-order valence-corrected chi connectivity index (χ3v) is 6.27. The van der Waals surface area contributed by atoms with Crippen molar-refractivity contribution < 1.29 is 4.74 Å². The topological polar surface area (TPSA) is 27.7 Å². The van der Waals surface area contributed by atoms with Gasteiger partial charge in [0.05, 0.1) is 6.10 Å². The van der Waals surface area contributed by atoms with E-state index < -0.39 is 0 Å². The first kappa shape index (κ1) is 15.7. The second-order valence-corrected chi connectivity index (χ2v) is 7.48. The molecule has 1 saturated heterocycles. The highest BCUT2D eigenvalue weighted by Crippen LogP contribution is 2.54. The van der Waals surface area contributed by atoms with Crippen LogP contribution in [0.5, 0.6) is 0 Å². The minimum atomic E-state index is 0.467. The lowest BCUT2D eigenvalue weighted by molar-refractivity contribution is -0.131. The number of piperazine rings is 1. The van der Waals surface area contributed by atoms with Crippen LogP contribution < -0.4 is 5.32 Å². The van der Waals surface area contributed by atoms with Crippen LogP contribution in [0.4, 0.5) is 0 Å². The highest BCUT2D eigenvalue weighted by Gasteiger charge is 2.56. The van der Waals surface area contributed by atoms with E-state index in [0.717, 1.165) is 13.2 Å². The molecule has 3 rings (SSSR count). The highest BCUT2D eigenvalue weighted by atomic mass is 16.5. The summed E-state index contributed by atoms with van der Waals surface area (Å²) in [6.45, 7) is 7.72. The van der Waals surface area contributed by atoms with Crippen molar-refractivity contribution in [2.75, 3.05) is 46.9 Å². The first-order chi connectivity index (χ1) is 10.2. The van der Waals surface area contributed by atoms with Gasteiger partial charge in [-0.05, 0) is 40.3 Å². The van der Waals surface area contributed by atoms with Crippen molar-refractivity contribution in [2.24, 2.45) is 5.41 Å². The molecular formula is C17H33N3O. The smallest absolute Gasteiger partial charge is 0.0661 e. The van der Waals surface area contributed by atoms with Gasteiger partial charge in [-0.15, -0.1) is 0 Å². The molecule has 2 saturated carbocycles. The molecule has 4 nitrogen and oxygen atoms in total. The molecule has 3 atom stereocenters. The molecule has 3 aliphatic rings. The zero-order chi connectivity index (χ0) is 14.9. The fourth-order valence-electron chi connectivity index (χ4n) is 4.77. The molecule has 4 heteroatoms. The molecule has 21 heavy (non-hydrogen) atoms. The Kier molecular flexibility index (Phi) is 4.89. The fourth-order valence-corrected chi connectivity index (χ4v) is 4.77. The average Bonchev–Trinajstić information content (AvgIpc) is 2.98. The summed E-state index contributed by atoms with van der Waals surface area (Å²) in [6, 6.07) is 1.35. The number of hydrogen-bond acceptors (Lipinski definition) is 4. The lowest BCUT2D eigenvalue weighted by Gasteiger charge is -2.55. The molecule has 1 N–H and O–H groups in total.